The molecule has 0 amide bonds. The molecule has 2 atom stereocenters. The van der Waals surface area contributed by atoms with Crippen LogP contribution in [0.2, 0.25) is 0 Å². The third-order valence-electron chi connectivity index (χ3n) is 5.43. The van der Waals surface area contributed by atoms with Crippen molar-refractivity contribution < 1.29 is 14.0 Å². The van der Waals surface area contributed by atoms with Crippen LogP contribution >= 0.6 is 23.2 Å². The summed E-state index contributed by atoms with van der Waals surface area (Å²) in [6, 6.07) is 18.3. The van der Waals surface area contributed by atoms with Crippen molar-refractivity contribution in [1.82, 2.24) is 9.57 Å². The first-order chi connectivity index (χ1) is 13.7. The molecule has 2 heterocycles. The second kappa shape index (κ2) is 9.21. The Balaban J connectivity index is 1.84. The van der Waals surface area contributed by atoms with Gasteiger partial charge in [0.05, 0.1) is 26.4 Å². The van der Waals surface area contributed by atoms with Gasteiger partial charge in [-0.15, -0.1) is 0 Å². The van der Waals surface area contributed by atoms with Crippen LogP contribution in [-0.2, 0) is 14.0 Å². The van der Waals surface area contributed by atoms with Crippen LogP contribution in [-0.4, -0.2) is 62.2 Å². The normalized spacial score (nSPS) is 22.5. The topological polar surface area (TPSA) is 42.0 Å². The predicted octanol–water partition coefficient (Wildman–Crippen LogP) is 3.72. The van der Waals surface area contributed by atoms with Crippen molar-refractivity contribution in [2.45, 2.75) is 5.78 Å². The van der Waals surface area contributed by atoms with Gasteiger partial charge in [0.15, 0.2) is 7.29 Å². The van der Waals surface area contributed by atoms with Crippen molar-refractivity contribution in [2.24, 2.45) is 0 Å². The number of hydrogen-bond donors (Lipinski definition) is 0. The second-order valence-electron chi connectivity index (χ2n) is 7.10. The van der Waals surface area contributed by atoms with E-state index in [2.05, 4.69) is 37.6 Å². The van der Waals surface area contributed by atoms with E-state index in [-0.39, 0.29) is 5.78 Å². The molecule has 0 aliphatic carbocycles. The van der Waals surface area contributed by atoms with Gasteiger partial charge in [-0.3, -0.25) is 9.46 Å². The van der Waals surface area contributed by atoms with E-state index in [0.717, 1.165) is 28.4 Å². The number of benzene rings is 2. The molecule has 0 radical (unpaired) electrons. The van der Waals surface area contributed by atoms with Gasteiger partial charge in [-0.2, -0.15) is 0 Å². The Morgan fingerprint density at radius 3 is 2.00 bits per heavy atom. The van der Waals surface area contributed by atoms with Crippen molar-refractivity contribution in [3.05, 3.63) is 64.6 Å². The summed E-state index contributed by atoms with van der Waals surface area (Å²) in [5.74, 6) is -0.204. The van der Waals surface area contributed by atoms with Gasteiger partial charge in [-0.05, 0) is 17.7 Å². The minimum atomic E-state index is -2.95. The van der Waals surface area contributed by atoms with Crippen LogP contribution in [0.25, 0.3) is 0 Å². The standard InChI is InChI=1S/C21H26BrN2O3P/c22-19-8-6-18(7-9-19)21(23-10-14-26-15-11-23)28(25,20-4-2-1-3-5-20)24-12-16-27-17-13-24/h1-9,21H,10-17H2/t21-,28+/m0/s1. The molecule has 2 aliphatic heterocycles. The highest BCUT2D eigenvalue weighted by Gasteiger charge is 2.45. The van der Waals surface area contributed by atoms with Gasteiger partial charge in [-0.1, -0.05) is 58.4 Å². The van der Waals surface area contributed by atoms with Crippen LogP contribution in [0.15, 0.2) is 59.1 Å². The molecule has 2 aromatic rings. The highest BCUT2D eigenvalue weighted by molar-refractivity contribution is 9.10. The minimum absolute atomic E-state index is 0.204. The molecule has 4 rings (SSSR count). The first-order valence-electron chi connectivity index (χ1n) is 9.75. The summed E-state index contributed by atoms with van der Waals surface area (Å²) in [6.45, 7) is 5.51. The average Bonchev–Trinajstić information content (AvgIpc) is 2.77. The average molecular weight is 465 g/mol. The van der Waals surface area contributed by atoms with Gasteiger partial charge < -0.3 is 9.47 Å². The van der Waals surface area contributed by atoms with Crippen LogP contribution in [0.4, 0.5) is 0 Å². The Bertz CT molecular complexity index is 806. The number of hydrogen-bond acceptors (Lipinski definition) is 4. The zero-order chi connectivity index (χ0) is 19.4. The molecular weight excluding hydrogens is 439 g/mol. The van der Waals surface area contributed by atoms with Crippen LogP contribution in [0, 0.1) is 0 Å². The molecule has 5 nitrogen and oxygen atoms in total. The van der Waals surface area contributed by atoms with E-state index in [1.54, 1.807) is 0 Å². The molecule has 2 aliphatic rings. The Labute approximate surface area is 175 Å². The Morgan fingerprint density at radius 2 is 1.39 bits per heavy atom. The second-order valence-corrected chi connectivity index (χ2v) is 10.8. The number of ether oxygens (including phenoxy) is 2. The number of nitrogens with zero attached hydrogens (tertiary/aromatic N) is 2. The van der Waals surface area contributed by atoms with Gasteiger partial charge in [0, 0.05) is 36.0 Å². The molecule has 28 heavy (non-hydrogen) atoms. The first-order valence-corrected chi connectivity index (χ1v) is 12.3. The van der Waals surface area contributed by atoms with Crippen LogP contribution in [0.5, 0.6) is 0 Å². The lowest BCUT2D eigenvalue weighted by Gasteiger charge is -2.44. The fourth-order valence-corrected chi connectivity index (χ4v) is 7.83. The van der Waals surface area contributed by atoms with Crippen molar-refractivity contribution in [3.8, 4) is 0 Å². The zero-order valence-electron chi connectivity index (χ0n) is 15.9. The van der Waals surface area contributed by atoms with E-state index in [1.165, 1.54) is 0 Å². The van der Waals surface area contributed by atoms with Gasteiger partial charge in [0.25, 0.3) is 0 Å². The van der Waals surface area contributed by atoms with E-state index >= 15 is 4.57 Å². The summed E-state index contributed by atoms with van der Waals surface area (Å²) >= 11 is 3.53. The van der Waals surface area contributed by atoms with E-state index in [1.807, 2.05) is 42.5 Å². The Hall–Kier alpha value is -1.01. The minimum Gasteiger partial charge on any atom is -0.379 e. The Morgan fingerprint density at radius 1 is 0.821 bits per heavy atom. The summed E-state index contributed by atoms with van der Waals surface area (Å²) in [5.41, 5.74) is 1.09. The first kappa shape index (κ1) is 20.3. The van der Waals surface area contributed by atoms with Crippen LogP contribution in [0.1, 0.15) is 11.3 Å². The van der Waals surface area contributed by atoms with Crippen LogP contribution in [0.3, 0.4) is 0 Å². The lowest BCUT2D eigenvalue weighted by Crippen LogP contribution is -2.45. The molecule has 0 spiro atoms. The summed E-state index contributed by atoms with van der Waals surface area (Å²) in [5, 5.41) is 0.913. The van der Waals surface area contributed by atoms with Gasteiger partial charge >= 0.3 is 0 Å². The van der Waals surface area contributed by atoms with Crippen molar-refractivity contribution in [1.29, 1.82) is 0 Å². The molecular formula is C21H26BrN2O3P. The van der Waals surface area contributed by atoms with Gasteiger partial charge in [0.2, 0.25) is 0 Å². The van der Waals surface area contributed by atoms with Gasteiger partial charge in [0.1, 0.15) is 5.78 Å². The number of morpholine rings is 2. The molecule has 0 aromatic heterocycles. The summed E-state index contributed by atoms with van der Waals surface area (Å²) in [6.07, 6.45) is 0. The van der Waals surface area contributed by atoms with E-state index in [9.17, 15) is 0 Å². The molecule has 2 aromatic carbocycles. The molecule has 150 valence electrons. The van der Waals surface area contributed by atoms with Crippen molar-refractivity contribution in [3.63, 3.8) is 0 Å². The summed E-state index contributed by atoms with van der Waals surface area (Å²) in [7, 11) is -2.95. The predicted molar refractivity (Wildman–Crippen MR) is 115 cm³/mol. The van der Waals surface area contributed by atoms with Gasteiger partial charge in [-0.25, -0.2) is 4.67 Å². The largest absolute Gasteiger partial charge is 0.379 e. The van der Waals surface area contributed by atoms with E-state index in [4.69, 9.17) is 9.47 Å². The highest BCUT2D eigenvalue weighted by atomic mass is 79.9. The van der Waals surface area contributed by atoms with Crippen molar-refractivity contribution >= 4 is 28.5 Å². The van der Waals surface area contributed by atoms with Crippen LogP contribution < -0.4 is 5.30 Å². The maximum absolute atomic E-state index is 15.0. The smallest absolute Gasteiger partial charge is 0.199 e. The fraction of sp³-hybridized carbons (Fsp3) is 0.429. The third kappa shape index (κ3) is 4.13. The number of halogens is 1. The lowest BCUT2D eigenvalue weighted by atomic mass is 10.2. The summed E-state index contributed by atoms with van der Waals surface area (Å²) < 4.78 is 29.4. The maximum atomic E-state index is 15.0. The quantitative estimate of drug-likeness (QED) is 0.630. The highest BCUT2D eigenvalue weighted by Crippen LogP contribution is 2.62. The third-order valence-corrected chi connectivity index (χ3v) is 9.52. The van der Waals surface area contributed by atoms with Crippen molar-refractivity contribution in [2.75, 3.05) is 52.6 Å². The molecule has 2 fully saturated rings. The maximum Gasteiger partial charge on any atom is 0.199 e. The van der Waals surface area contributed by atoms with E-state index < -0.39 is 7.29 Å². The monoisotopic (exact) mass is 464 g/mol. The van der Waals surface area contributed by atoms with E-state index in [0.29, 0.717) is 39.5 Å². The molecule has 0 bridgehead atoms. The molecule has 0 unspecified atom stereocenters. The number of rotatable bonds is 5. The summed E-state index contributed by atoms with van der Waals surface area (Å²) in [4.78, 5) is 2.34. The molecule has 0 N–H and O–H groups in total. The molecule has 0 saturated carbocycles. The molecule has 2 saturated heterocycles. The zero-order valence-corrected chi connectivity index (χ0v) is 18.4. The lowest BCUT2D eigenvalue weighted by molar-refractivity contribution is 0.0274. The molecule has 7 heteroatoms. The fourth-order valence-electron chi connectivity index (χ4n) is 4.04. The Kier molecular flexibility index (Phi) is 6.66. The SMILES string of the molecule is O=[P@](c1ccccc1)([C@@H](c1ccc(Br)cc1)N1CCOCC1)N1CCOCC1.